The lowest BCUT2D eigenvalue weighted by Gasteiger charge is -2.30. The second-order valence-electron chi connectivity index (χ2n) is 5.31. The first kappa shape index (κ1) is 15.0. The maximum Gasteiger partial charge on any atom is 0.320 e. The largest absolute Gasteiger partial charge is 0.480 e. The highest BCUT2D eigenvalue weighted by molar-refractivity contribution is 6.17. The SMILES string of the molecule is O=C(O)C1C(=O)N(CCCn2ccnc2)C(=O)c2ccccc21. The maximum absolute atomic E-state index is 12.5. The van der Waals surface area contributed by atoms with Gasteiger partial charge in [-0.25, -0.2) is 4.98 Å². The molecular weight excluding hydrogens is 298 g/mol. The first-order valence-corrected chi connectivity index (χ1v) is 7.23. The van der Waals surface area contributed by atoms with Crippen molar-refractivity contribution in [2.75, 3.05) is 6.54 Å². The van der Waals surface area contributed by atoms with Crippen LogP contribution in [-0.2, 0) is 16.1 Å². The average Bonchev–Trinajstić information content (AvgIpc) is 3.04. The Hall–Kier alpha value is -2.96. The van der Waals surface area contributed by atoms with Crippen LogP contribution in [0.5, 0.6) is 0 Å². The van der Waals surface area contributed by atoms with Crippen LogP contribution in [0.2, 0.25) is 0 Å². The number of carboxylic acids is 1. The molecule has 0 radical (unpaired) electrons. The summed E-state index contributed by atoms with van der Waals surface area (Å²) in [5.74, 6) is -3.67. The van der Waals surface area contributed by atoms with Crippen LogP contribution in [-0.4, -0.2) is 43.9 Å². The number of benzene rings is 1. The Morgan fingerprint density at radius 2 is 2.00 bits per heavy atom. The zero-order valence-electron chi connectivity index (χ0n) is 12.3. The Morgan fingerprint density at radius 1 is 1.22 bits per heavy atom. The van der Waals surface area contributed by atoms with Gasteiger partial charge < -0.3 is 9.67 Å². The molecule has 1 unspecified atom stereocenters. The van der Waals surface area contributed by atoms with Crippen molar-refractivity contribution >= 4 is 17.8 Å². The number of aryl methyl sites for hydroxylation is 1. The number of imidazole rings is 1. The number of amides is 2. The van der Waals surface area contributed by atoms with Gasteiger partial charge in [0.1, 0.15) is 0 Å². The first-order chi connectivity index (χ1) is 11.1. The minimum atomic E-state index is -1.32. The number of aromatic nitrogens is 2. The molecule has 0 bridgehead atoms. The summed E-state index contributed by atoms with van der Waals surface area (Å²) in [6.07, 6.45) is 5.61. The van der Waals surface area contributed by atoms with Crippen molar-refractivity contribution in [2.24, 2.45) is 0 Å². The van der Waals surface area contributed by atoms with Gasteiger partial charge in [-0.05, 0) is 18.1 Å². The quantitative estimate of drug-likeness (QED) is 0.659. The van der Waals surface area contributed by atoms with Crippen LogP contribution in [0, 0.1) is 0 Å². The molecule has 118 valence electrons. The second-order valence-corrected chi connectivity index (χ2v) is 5.31. The number of nitrogens with zero attached hydrogens (tertiary/aromatic N) is 3. The van der Waals surface area contributed by atoms with E-state index in [4.69, 9.17) is 0 Å². The molecule has 7 heteroatoms. The number of rotatable bonds is 5. The van der Waals surface area contributed by atoms with Crippen LogP contribution < -0.4 is 0 Å². The molecule has 2 heterocycles. The highest BCUT2D eigenvalue weighted by Crippen LogP contribution is 2.29. The smallest absolute Gasteiger partial charge is 0.320 e. The van der Waals surface area contributed by atoms with Crippen molar-refractivity contribution in [1.29, 1.82) is 0 Å². The Kier molecular flexibility index (Phi) is 3.92. The standard InChI is InChI=1S/C16H15N3O4/c20-14-12-5-2-1-4-11(12)13(16(22)23)15(21)19(14)8-3-7-18-9-6-17-10-18/h1-2,4-6,9-10,13H,3,7-8H2,(H,22,23). The van der Waals surface area contributed by atoms with Gasteiger partial charge in [0.05, 0.1) is 6.33 Å². The molecule has 2 aromatic rings. The summed E-state index contributed by atoms with van der Waals surface area (Å²) >= 11 is 0. The highest BCUT2D eigenvalue weighted by atomic mass is 16.4. The van der Waals surface area contributed by atoms with Crippen molar-refractivity contribution in [1.82, 2.24) is 14.5 Å². The van der Waals surface area contributed by atoms with E-state index >= 15 is 0 Å². The fourth-order valence-electron chi connectivity index (χ4n) is 2.76. The maximum atomic E-state index is 12.5. The third-order valence-electron chi connectivity index (χ3n) is 3.86. The molecule has 7 nitrogen and oxygen atoms in total. The predicted molar refractivity (Wildman–Crippen MR) is 79.7 cm³/mol. The third-order valence-corrected chi connectivity index (χ3v) is 3.86. The molecule has 1 N–H and O–H groups in total. The summed E-state index contributed by atoms with van der Waals surface area (Å²) in [6, 6.07) is 6.37. The van der Waals surface area contributed by atoms with Crippen molar-refractivity contribution in [3.63, 3.8) is 0 Å². The van der Waals surface area contributed by atoms with E-state index in [1.54, 1.807) is 36.9 Å². The number of hydrogen-bond acceptors (Lipinski definition) is 4. The predicted octanol–water partition coefficient (Wildman–Crippen LogP) is 1.12. The van der Waals surface area contributed by atoms with E-state index in [-0.39, 0.29) is 17.7 Å². The number of aliphatic carboxylic acids is 1. The van der Waals surface area contributed by atoms with Crippen LogP contribution in [0.1, 0.15) is 28.3 Å². The van der Waals surface area contributed by atoms with Gasteiger partial charge in [0.15, 0.2) is 5.92 Å². The number of carbonyl (C=O) groups excluding carboxylic acids is 2. The fraction of sp³-hybridized carbons (Fsp3) is 0.250. The van der Waals surface area contributed by atoms with Crippen molar-refractivity contribution in [2.45, 2.75) is 18.9 Å². The average molecular weight is 313 g/mol. The van der Waals surface area contributed by atoms with Gasteiger partial charge in [-0.1, -0.05) is 18.2 Å². The molecule has 1 aromatic heterocycles. The molecule has 23 heavy (non-hydrogen) atoms. The summed E-state index contributed by atoms with van der Waals surface area (Å²) in [7, 11) is 0. The van der Waals surface area contributed by atoms with Crippen LogP contribution in [0.15, 0.2) is 43.0 Å². The summed E-state index contributed by atoms with van der Waals surface area (Å²) < 4.78 is 1.83. The Labute approximate surface area is 132 Å². The van der Waals surface area contributed by atoms with Gasteiger partial charge in [-0.15, -0.1) is 0 Å². The highest BCUT2D eigenvalue weighted by Gasteiger charge is 2.42. The molecule has 2 amide bonds. The first-order valence-electron chi connectivity index (χ1n) is 7.23. The van der Waals surface area contributed by atoms with Crippen LogP contribution >= 0.6 is 0 Å². The molecule has 0 saturated carbocycles. The number of fused-ring (bicyclic) bond motifs is 1. The van der Waals surface area contributed by atoms with Gasteiger partial charge in [-0.3, -0.25) is 19.3 Å². The summed E-state index contributed by atoms with van der Waals surface area (Å²) in [6.45, 7) is 0.768. The normalized spacial score (nSPS) is 17.2. The van der Waals surface area contributed by atoms with Gasteiger partial charge >= 0.3 is 5.97 Å². The summed E-state index contributed by atoms with van der Waals surface area (Å²) in [5.41, 5.74) is 0.544. The van der Waals surface area contributed by atoms with E-state index in [1.165, 1.54) is 6.07 Å². The fourth-order valence-corrected chi connectivity index (χ4v) is 2.76. The third kappa shape index (κ3) is 2.73. The van der Waals surface area contributed by atoms with E-state index in [0.29, 0.717) is 13.0 Å². The molecule has 1 aliphatic heterocycles. The summed E-state index contributed by atoms with van der Waals surface area (Å²) in [4.78, 5) is 41.3. The van der Waals surface area contributed by atoms with Crippen LogP contribution in [0.25, 0.3) is 0 Å². The van der Waals surface area contributed by atoms with Crippen molar-refractivity contribution in [3.05, 3.63) is 54.1 Å². The number of hydrogen-bond donors (Lipinski definition) is 1. The zero-order chi connectivity index (χ0) is 16.4. The van der Waals surface area contributed by atoms with Crippen molar-refractivity contribution in [3.8, 4) is 0 Å². The van der Waals surface area contributed by atoms with E-state index in [2.05, 4.69) is 4.98 Å². The molecule has 3 rings (SSSR count). The molecule has 1 atom stereocenters. The Morgan fingerprint density at radius 3 is 2.70 bits per heavy atom. The van der Waals surface area contributed by atoms with Crippen LogP contribution in [0.4, 0.5) is 0 Å². The van der Waals surface area contributed by atoms with Gasteiger partial charge in [0.2, 0.25) is 5.91 Å². The second kappa shape index (κ2) is 6.04. The van der Waals surface area contributed by atoms with Gasteiger partial charge in [0.25, 0.3) is 5.91 Å². The minimum Gasteiger partial charge on any atom is -0.480 e. The molecule has 0 saturated heterocycles. The Balaban J connectivity index is 1.82. The van der Waals surface area contributed by atoms with E-state index in [1.807, 2.05) is 4.57 Å². The van der Waals surface area contributed by atoms with Gasteiger partial charge in [-0.2, -0.15) is 0 Å². The Bertz CT molecular complexity index is 754. The molecule has 1 aromatic carbocycles. The van der Waals surface area contributed by atoms with Gasteiger partial charge in [0, 0.05) is 31.0 Å². The zero-order valence-corrected chi connectivity index (χ0v) is 12.3. The molecule has 0 spiro atoms. The number of carboxylic acid groups (broad SMARTS) is 1. The number of carbonyl (C=O) groups is 3. The van der Waals surface area contributed by atoms with E-state index < -0.39 is 23.7 Å². The lowest BCUT2D eigenvalue weighted by atomic mass is 9.88. The number of imide groups is 1. The lowest BCUT2D eigenvalue weighted by molar-refractivity contribution is -0.146. The topological polar surface area (TPSA) is 92.5 Å². The summed E-state index contributed by atoms with van der Waals surface area (Å²) in [5, 5.41) is 9.36. The van der Waals surface area contributed by atoms with E-state index in [9.17, 15) is 19.5 Å². The monoisotopic (exact) mass is 313 g/mol. The van der Waals surface area contributed by atoms with Crippen LogP contribution in [0.3, 0.4) is 0 Å². The molecule has 1 aliphatic rings. The van der Waals surface area contributed by atoms with E-state index in [0.717, 1.165) is 4.90 Å². The molecular formula is C16H15N3O4. The minimum absolute atomic E-state index is 0.175. The van der Waals surface area contributed by atoms with Crippen molar-refractivity contribution < 1.29 is 19.5 Å². The molecule has 0 aliphatic carbocycles. The lowest BCUT2D eigenvalue weighted by Crippen LogP contribution is -2.47. The molecule has 0 fully saturated rings.